The van der Waals surface area contributed by atoms with E-state index < -0.39 is 41.6 Å². The first-order chi connectivity index (χ1) is 12.2. The highest BCUT2D eigenvalue weighted by Crippen LogP contribution is 2.11. The van der Waals surface area contributed by atoms with E-state index >= 15 is 0 Å². The number of carbonyl (C=O) groups is 3. The van der Waals surface area contributed by atoms with Crippen LogP contribution >= 0.6 is 0 Å². The maximum absolute atomic E-state index is 12.1. The number of benzene rings is 1. The van der Waals surface area contributed by atoms with Crippen LogP contribution in [0.4, 0.5) is 10.5 Å². The van der Waals surface area contributed by atoms with E-state index in [1.807, 2.05) is 13.8 Å². The van der Waals surface area contributed by atoms with Crippen molar-refractivity contribution in [2.24, 2.45) is 5.92 Å². The summed E-state index contributed by atoms with van der Waals surface area (Å²) in [5.74, 6) is -1.64. The molecule has 0 aliphatic carbocycles. The molecule has 0 heterocycles. The summed E-state index contributed by atoms with van der Waals surface area (Å²) in [6.45, 7) is 3.23. The van der Waals surface area contributed by atoms with Crippen LogP contribution in [0.3, 0.4) is 0 Å². The lowest BCUT2D eigenvalue weighted by Crippen LogP contribution is -2.49. The molecule has 5 N–H and O–H groups in total. The third-order valence-corrected chi connectivity index (χ3v) is 3.82. The second kappa shape index (κ2) is 10.5. The molecule has 3 amide bonds. The van der Waals surface area contributed by atoms with Crippen LogP contribution < -0.4 is 16.0 Å². The standard InChI is InChI=1S/C16H23N3O6S/c1-10(2)7-13(15(22)17-8-14(20)21)19-16(23)18-12-5-3-11(4-6-12)9-26(24)25/h3-6,10,13H,7-9H2,1-2H3,(H,17,22)(H,20,21)(H,24,25)(H2,18,19,23)/t13-/m0/s1. The molecule has 10 heteroatoms. The average molecular weight is 385 g/mol. The van der Waals surface area contributed by atoms with Gasteiger partial charge in [0.25, 0.3) is 0 Å². The van der Waals surface area contributed by atoms with Crippen molar-refractivity contribution in [3.05, 3.63) is 29.8 Å². The molecular formula is C16H23N3O6S. The highest BCUT2D eigenvalue weighted by molar-refractivity contribution is 7.78. The minimum atomic E-state index is -1.94. The fourth-order valence-corrected chi connectivity index (χ4v) is 2.62. The molecule has 144 valence electrons. The Morgan fingerprint density at radius 1 is 1.15 bits per heavy atom. The number of hydrogen-bond acceptors (Lipinski definition) is 4. The van der Waals surface area contributed by atoms with Gasteiger partial charge < -0.3 is 25.6 Å². The monoisotopic (exact) mass is 385 g/mol. The minimum Gasteiger partial charge on any atom is -0.480 e. The first-order valence-electron chi connectivity index (χ1n) is 7.90. The number of carboxylic acids is 1. The average Bonchev–Trinajstić information content (AvgIpc) is 2.52. The zero-order valence-electron chi connectivity index (χ0n) is 14.5. The number of hydrogen-bond donors (Lipinski definition) is 5. The number of urea groups is 1. The van der Waals surface area contributed by atoms with E-state index in [0.717, 1.165) is 0 Å². The van der Waals surface area contributed by atoms with Gasteiger partial charge in [-0.15, -0.1) is 0 Å². The van der Waals surface area contributed by atoms with Gasteiger partial charge in [0.2, 0.25) is 5.91 Å². The summed E-state index contributed by atoms with van der Waals surface area (Å²) in [5.41, 5.74) is 1.09. The second-order valence-electron chi connectivity index (χ2n) is 6.05. The van der Waals surface area contributed by atoms with Gasteiger partial charge in [0.05, 0.1) is 5.75 Å². The van der Waals surface area contributed by atoms with E-state index in [1.165, 1.54) is 0 Å². The molecule has 9 nitrogen and oxygen atoms in total. The van der Waals surface area contributed by atoms with Gasteiger partial charge in [-0.05, 0) is 30.0 Å². The van der Waals surface area contributed by atoms with Gasteiger partial charge in [0.1, 0.15) is 12.6 Å². The second-order valence-corrected chi connectivity index (χ2v) is 6.99. The maximum atomic E-state index is 12.1. The fourth-order valence-electron chi connectivity index (χ4n) is 2.14. The van der Waals surface area contributed by atoms with E-state index in [2.05, 4.69) is 16.0 Å². The molecule has 0 aromatic heterocycles. The smallest absolute Gasteiger partial charge is 0.322 e. The predicted octanol–water partition coefficient (Wildman–Crippen LogP) is 1.15. The lowest BCUT2D eigenvalue weighted by Gasteiger charge is -2.20. The topological polar surface area (TPSA) is 145 Å². The van der Waals surface area contributed by atoms with Crippen LogP contribution in [0.1, 0.15) is 25.8 Å². The van der Waals surface area contributed by atoms with Gasteiger partial charge >= 0.3 is 12.0 Å². The molecule has 0 saturated carbocycles. The lowest BCUT2D eigenvalue weighted by atomic mass is 10.0. The fraction of sp³-hybridized carbons (Fsp3) is 0.438. The number of aliphatic carboxylic acids is 1. The molecule has 0 aliphatic rings. The SMILES string of the molecule is CC(C)C[C@H](NC(=O)Nc1ccc(CS(=O)O)cc1)C(=O)NCC(=O)O. The maximum Gasteiger partial charge on any atom is 0.322 e. The third kappa shape index (κ3) is 8.58. The van der Waals surface area contributed by atoms with Crippen LogP contribution in [-0.2, 0) is 26.4 Å². The van der Waals surface area contributed by atoms with Crippen molar-refractivity contribution >= 4 is 34.7 Å². The first-order valence-corrected chi connectivity index (χ1v) is 9.18. The molecule has 26 heavy (non-hydrogen) atoms. The summed E-state index contributed by atoms with van der Waals surface area (Å²) >= 11 is -1.94. The summed E-state index contributed by atoms with van der Waals surface area (Å²) in [4.78, 5) is 34.7. The Morgan fingerprint density at radius 2 is 1.77 bits per heavy atom. The van der Waals surface area contributed by atoms with E-state index in [1.54, 1.807) is 24.3 Å². The van der Waals surface area contributed by atoms with Crippen molar-refractivity contribution in [3.8, 4) is 0 Å². The molecule has 0 radical (unpaired) electrons. The number of nitrogens with one attached hydrogen (secondary N) is 3. The third-order valence-electron chi connectivity index (χ3n) is 3.24. The largest absolute Gasteiger partial charge is 0.480 e. The Labute approximate surface area is 153 Å². The van der Waals surface area contributed by atoms with Gasteiger partial charge in [-0.1, -0.05) is 26.0 Å². The van der Waals surface area contributed by atoms with Crippen LogP contribution in [0.25, 0.3) is 0 Å². The highest BCUT2D eigenvalue weighted by Gasteiger charge is 2.22. The number of anilines is 1. The molecule has 1 unspecified atom stereocenters. The van der Waals surface area contributed by atoms with E-state index in [0.29, 0.717) is 17.7 Å². The molecule has 0 bridgehead atoms. The van der Waals surface area contributed by atoms with E-state index in [4.69, 9.17) is 9.66 Å². The van der Waals surface area contributed by atoms with Crippen molar-refractivity contribution in [2.45, 2.75) is 32.1 Å². The van der Waals surface area contributed by atoms with Gasteiger partial charge in [-0.25, -0.2) is 9.00 Å². The summed E-state index contributed by atoms with van der Waals surface area (Å²) in [6, 6.07) is 4.88. The zero-order valence-corrected chi connectivity index (χ0v) is 15.3. The minimum absolute atomic E-state index is 0.00725. The summed E-state index contributed by atoms with van der Waals surface area (Å²) in [5, 5.41) is 16.0. The first kappa shape index (κ1) is 21.6. The van der Waals surface area contributed by atoms with Crippen LogP contribution in [-0.4, -0.2) is 44.4 Å². The van der Waals surface area contributed by atoms with Crippen molar-refractivity contribution in [1.82, 2.24) is 10.6 Å². The van der Waals surface area contributed by atoms with Crippen molar-refractivity contribution in [1.29, 1.82) is 0 Å². The Morgan fingerprint density at radius 3 is 2.27 bits per heavy atom. The molecule has 1 rings (SSSR count). The molecule has 1 aromatic rings. The molecule has 0 spiro atoms. The van der Waals surface area contributed by atoms with Gasteiger partial charge in [0.15, 0.2) is 11.1 Å². The van der Waals surface area contributed by atoms with Gasteiger partial charge in [-0.3, -0.25) is 9.59 Å². The Hall–Kier alpha value is -2.46. The number of carboxylic acid groups (broad SMARTS) is 1. The predicted molar refractivity (Wildman–Crippen MR) is 97.0 cm³/mol. The van der Waals surface area contributed by atoms with Crippen LogP contribution in [0.2, 0.25) is 0 Å². The summed E-state index contributed by atoms with van der Waals surface area (Å²) in [6.07, 6.45) is 0.347. The van der Waals surface area contributed by atoms with E-state index in [-0.39, 0.29) is 11.7 Å². The molecule has 0 aliphatic heterocycles. The quantitative estimate of drug-likeness (QED) is 0.403. The molecule has 0 fully saturated rings. The molecule has 1 aromatic carbocycles. The Kier molecular flexibility index (Phi) is 8.73. The zero-order chi connectivity index (χ0) is 19.7. The van der Waals surface area contributed by atoms with Crippen LogP contribution in [0.15, 0.2) is 24.3 Å². The number of carbonyl (C=O) groups excluding carboxylic acids is 2. The van der Waals surface area contributed by atoms with Crippen LogP contribution in [0.5, 0.6) is 0 Å². The van der Waals surface area contributed by atoms with Crippen LogP contribution in [0, 0.1) is 5.92 Å². The summed E-state index contributed by atoms with van der Waals surface area (Å²) in [7, 11) is 0. The number of amides is 3. The molecule has 0 saturated heterocycles. The number of rotatable bonds is 9. The Balaban J connectivity index is 2.66. The normalized spacial score (nSPS) is 12.9. The Bertz CT molecular complexity index is 662. The highest BCUT2D eigenvalue weighted by atomic mass is 32.2. The van der Waals surface area contributed by atoms with E-state index in [9.17, 15) is 18.6 Å². The van der Waals surface area contributed by atoms with Crippen molar-refractivity contribution in [2.75, 3.05) is 11.9 Å². The summed E-state index contributed by atoms with van der Waals surface area (Å²) < 4.78 is 19.6. The molecule has 2 atom stereocenters. The van der Waals surface area contributed by atoms with Crippen molar-refractivity contribution in [3.63, 3.8) is 0 Å². The van der Waals surface area contributed by atoms with Crippen molar-refractivity contribution < 1.29 is 28.3 Å². The van der Waals surface area contributed by atoms with Gasteiger partial charge in [-0.2, -0.15) is 0 Å². The van der Waals surface area contributed by atoms with Gasteiger partial charge in [0, 0.05) is 5.69 Å². The lowest BCUT2D eigenvalue weighted by molar-refractivity contribution is -0.138. The molecular weight excluding hydrogens is 362 g/mol.